The maximum Gasteiger partial charge on any atom is 0.235 e. The van der Waals surface area contributed by atoms with E-state index in [1.54, 1.807) is 6.07 Å². The summed E-state index contributed by atoms with van der Waals surface area (Å²) >= 11 is 0. The Hall–Kier alpha value is -1.07. The SMILES string of the molecule is CC(N)c1ccccc1NS(=O)(=O)C1CCCCC1. The molecule has 5 heteroatoms. The van der Waals surface area contributed by atoms with Crippen molar-refractivity contribution in [1.29, 1.82) is 0 Å². The molecule has 1 unspecified atom stereocenters. The minimum absolute atomic E-state index is 0.190. The summed E-state index contributed by atoms with van der Waals surface area (Å²) in [4.78, 5) is 0. The molecule has 2 rings (SSSR count). The monoisotopic (exact) mass is 282 g/mol. The number of rotatable bonds is 4. The maximum atomic E-state index is 12.4. The van der Waals surface area contributed by atoms with Crippen molar-refractivity contribution in [3.63, 3.8) is 0 Å². The molecule has 1 fully saturated rings. The van der Waals surface area contributed by atoms with E-state index in [-0.39, 0.29) is 11.3 Å². The fourth-order valence-corrected chi connectivity index (χ4v) is 4.21. The fourth-order valence-electron chi connectivity index (χ4n) is 2.60. The van der Waals surface area contributed by atoms with Gasteiger partial charge in [-0.2, -0.15) is 0 Å². The average molecular weight is 282 g/mol. The Balaban J connectivity index is 2.20. The zero-order chi connectivity index (χ0) is 13.9. The molecule has 0 saturated heterocycles. The van der Waals surface area contributed by atoms with E-state index in [1.165, 1.54) is 0 Å². The molecule has 1 aromatic carbocycles. The van der Waals surface area contributed by atoms with Crippen molar-refractivity contribution in [2.75, 3.05) is 4.72 Å². The van der Waals surface area contributed by atoms with E-state index in [0.29, 0.717) is 5.69 Å². The first-order valence-corrected chi connectivity index (χ1v) is 8.41. The number of nitrogens with two attached hydrogens (primary N) is 1. The number of hydrogen-bond acceptors (Lipinski definition) is 3. The Bertz CT molecular complexity index is 520. The van der Waals surface area contributed by atoms with Gasteiger partial charge in [0.25, 0.3) is 0 Å². The Morgan fingerprint density at radius 3 is 2.47 bits per heavy atom. The van der Waals surface area contributed by atoms with Gasteiger partial charge in [-0.15, -0.1) is 0 Å². The Kier molecular flexibility index (Phi) is 4.47. The third-order valence-corrected chi connectivity index (χ3v) is 5.55. The summed E-state index contributed by atoms with van der Waals surface area (Å²) < 4.78 is 27.5. The van der Waals surface area contributed by atoms with Gasteiger partial charge >= 0.3 is 0 Å². The second-order valence-corrected chi connectivity index (χ2v) is 7.24. The molecule has 1 saturated carbocycles. The summed E-state index contributed by atoms with van der Waals surface area (Å²) in [5, 5.41) is -0.262. The highest BCUT2D eigenvalue weighted by atomic mass is 32.2. The van der Waals surface area contributed by atoms with Crippen LogP contribution in [0.15, 0.2) is 24.3 Å². The van der Waals surface area contributed by atoms with Crippen LogP contribution in [0.2, 0.25) is 0 Å². The predicted octanol–water partition coefficient (Wildman–Crippen LogP) is 2.78. The topological polar surface area (TPSA) is 72.2 Å². The van der Waals surface area contributed by atoms with Crippen molar-refractivity contribution < 1.29 is 8.42 Å². The molecule has 0 bridgehead atoms. The summed E-state index contributed by atoms with van der Waals surface area (Å²) in [7, 11) is -3.30. The lowest BCUT2D eigenvalue weighted by Crippen LogP contribution is -2.30. The van der Waals surface area contributed by atoms with E-state index in [1.807, 2.05) is 25.1 Å². The minimum atomic E-state index is -3.30. The van der Waals surface area contributed by atoms with E-state index >= 15 is 0 Å². The number of benzene rings is 1. The summed E-state index contributed by atoms with van der Waals surface area (Å²) in [5.74, 6) is 0. The van der Waals surface area contributed by atoms with Crippen LogP contribution in [0, 0.1) is 0 Å². The van der Waals surface area contributed by atoms with Crippen LogP contribution in [0.3, 0.4) is 0 Å². The highest BCUT2D eigenvalue weighted by Crippen LogP contribution is 2.27. The van der Waals surface area contributed by atoms with Crippen LogP contribution in [0.25, 0.3) is 0 Å². The van der Waals surface area contributed by atoms with Crippen molar-refractivity contribution in [1.82, 2.24) is 0 Å². The first-order chi connectivity index (χ1) is 9.00. The molecule has 3 N–H and O–H groups in total. The standard InChI is InChI=1S/C14H22N2O2S/c1-11(15)13-9-5-6-10-14(13)16-19(17,18)12-7-3-2-4-8-12/h5-6,9-12,16H,2-4,7-8,15H2,1H3. The molecule has 1 atom stereocenters. The van der Waals surface area contributed by atoms with Gasteiger partial charge in [0.1, 0.15) is 0 Å². The van der Waals surface area contributed by atoms with E-state index in [2.05, 4.69) is 4.72 Å². The molecular formula is C14H22N2O2S. The second-order valence-electron chi connectivity index (χ2n) is 5.28. The van der Waals surface area contributed by atoms with E-state index in [9.17, 15) is 8.42 Å². The lowest BCUT2D eigenvalue weighted by molar-refractivity contribution is 0.486. The quantitative estimate of drug-likeness (QED) is 0.892. The number of para-hydroxylation sites is 1. The van der Waals surface area contributed by atoms with Crippen molar-refractivity contribution in [2.24, 2.45) is 5.73 Å². The lowest BCUT2D eigenvalue weighted by Gasteiger charge is -2.23. The van der Waals surface area contributed by atoms with Gasteiger partial charge in [0, 0.05) is 6.04 Å². The normalized spacial score (nSPS) is 19.1. The van der Waals surface area contributed by atoms with Gasteiger partial charge in [-0.05, 0) is 31.4 Å². The predicted molar refractivity (Wildman–Crippen MR) is 78.5 cm³/mol. The fraction of sp³-hybridized carbons (Fsp3) is 0.571. The van der Waals surface area contributed by atoms with Crippen LogP contribution in [0.5, 0.6) is 0 Å². The van der Waals surface area contributed by atoms with Crippen LogP contribution in [-0.4, -0.2) is 13.7 Å². The van der Waals surface area contributed by atoms with Gasteiger partial charge in [-0.1, -0.05) is 37.5 Å². The molecule has 4 nitrogen and oxygen atoms in total. The van der Waals surface area contributed by atoms with Crippen LogP contribution in [-0.2, 0) is 10.0 Å². The highest BCUT2D eigenvalue weighted by molar-refractivity contribution is 7.93. The minimum Gasteiger partial charge on any atom is -0.324 e. The summed E-state index contributed by atoms with van der Waals surface area (Å²) in [6, 6.07) is 7.15. The first-order valence-electron chi connectivity index (χ1n) is 6.87. The highest BCUT2D eigenvalue weighted by Gasteiger charge is 2.27. The van der Waals surface area contributed by atoms with Crippen LogP contribution < -0.4 is 10.5 Å². The summed E-state index contributed by atoms with van der Waals surface area (Å²) in [6.07, 6.45) is 4.66. The number of sulfonamides is 1. The molecule has 0 aromatic heterocycles. The molecule has 1 aliphatic carbocycles. The average Bonchev–Trinajstić information content (AvgIpc) is 2.39. The van der Waals surface area contributed by atoms with E-state index in [0.717, 1.165) is 37.7 Å². The number of anilines is 1. The van der Waals surface area contributed by atoms with Crippen molar-refractivity contribution in [2.45, 2.75) is 50.3 Å². The van der Waals surface area contributed by atoms with Crippen LogP contribution in [0.4, 0.5) is 5.69 Å². The maximum absolute atomic E-state index is 12.4. The second kappa shape index (κ2) is 5.92. The number of nitrogens with one attached hydrogen (secondary N) is 1. The molecule has 0 aliphatic heterocycles. The van der Waals surface area contributed by atoms with Crippen LogP contribution >= 0.6 is 0 Å². The largest absolute Gasteiger partial charge is 0.324 e. The van der Waals surface area contributed by atoms with Gasteiger partial charge in [0.05, 0.1) is 10.9 Å². The molecule has 0 radical (unpaired) electrons. The molecule has 0 heterocycles. The van der Waals surface area contributed by atoms with Crippen molar-refractivity contribution in [3.05, 3.63) is 29.8 Å². The summed E-state index contributed by atoms with van der Waals surface area (Å²) in [5.41, 5.74) is 7.33. The van der Waals surface area contributed by atoms with Gasteiger partial charge < -0.3 is 5.73 Å². The van der Waals surface area contributed by atoms with Crippen LogP contribution in [0.1, 0.15) is 50.6 Å². The molecule has 1 aliphatic rings. The van der Waals surface area contributed by atoms with Gasteiger partial charge in [0.2, 0.25) is 10.0 Å². The number of hydrogen-bond donors (Lipinski definition) is 2. The van der Waals surface area contributed by atoms with Gasteiger partial charge in [-0.3, -0.25) is 4.72 Å². The third kappa shape index (κ3) is 3.48. The molecular weight excluding hydrogens is 260 g/mol. The molecule has 0 spiro atoms. The zero-order valence-electron chi connectivity index (χ0n) is 11.3. The molecule has 106 valence electrons. The zero-order valence-corrected chi connectivity index (χ0v) is 12.1. The smallest absolute Gasteiger partial charge is 0.235 e. The van der Waals surface area contributed by atoms with Gasteiger partial charge in [-0.25, -0.2) is 8.42 Å². The Morgan fingerprint density at radius 2 is 1.84 bits per heavy atom. The lowest BCUT2D eigenvalue weighted by atomic mass is 10.0. The Labute approximate surface area is 115 Å². The van der Waals surface area contributed by atoms with E-state index < -0.39 is 10.0 Å². The summed E-state index contributed by atoms with van der Waals surface area (Å²) in [6.45, 7) is 1.85. The first kappa shape index (κ1) is 14.3. The molecule has 19 heavy (non-hydrogen) atoms. The van der Waals surface area contributed by atoms with E-state index in [4.69, 9.17) is 5.73 Å². The van der Waals surface area contributed by atoms with Crippen molar-refractivity contribution >= 4 is 15.7 Å². The van der Waals surface area contributed by atoms with Crippen molar-refractivity contribution in [3.8, 4) is 0 Å². The Morgan fingerprint density at radius 1 is 1.21 bits per heavy atom. The molecule has 0 amide bonds. The van der Waals surface area contributed by atoms with Gasteiger partial charge in [0.15, 0.2) is 0 Å². The molecule has 1 aromatic rings. The third-order valence-electron chi connectivity index (χ3n) is 3.69.